The van der Waals surface area contributed by atoms with Gasteiger partial charge in [-0.05, 0) is 25.5 Å². The van der Waals surface area contributed by atoms with E-state index in [9.17, 15) is 15.0 Å². The van der Waals surface area contributed by atoms with Crippen molar-refractivity contribution in [3.8, 4) is 0 Å². The van der Waals surface area contributed by atoms with Crippen molar-refractivity contribution < 1.29 is 15.0 Å². The van der Waals surface area contributed by atoms with E-state index in [-0.39, 0.29) is 11.4 Å². The molecule has 0 unspecified atom stereocenters. The van der Waals surface area contributed by atoms with Crippen molar-refractivity contribution in [2.24, 2.45) is 0 Å². The van der Waals surface area contributed by atoms with Gasteiger partial charge in [0.1, 0.15) is 0 Å². The summed E-state index contributed by atoms with van der Waals surface area (Å²) in [5, 5.41) is 19.7. The van der Waals surface area contributed by atoms with Gasteiger partial charge in [-0.3, -0.25) is 4.79 Å². The topological polar surface area (TPSA) is 60.8 Å². The van der Waals surface area contributed by atoms with Gasteiger partial charge in [0, 0.05) is 24.3 Å². The van der Waals surface area contributed by atoms with Crippen molar-refractivity contribution in [3.63, 3.8) is 0 Å². The highest BCUT2D eigenvalue weighted by Crippen LogP contribution is 2.42. The molecule has 0 radical (unpaired) electrons. The second-order valence-electron chi connectivity index (χ2n) is 5.52. The number of piperidine rings is 1. The number of β-amino-alcohol motifs (C(OH)–C–C–N with tert-alkyl or cyclic N) is 1. The Balaban J connectivity index is 2.11. The largest absolute Gasteiger partial charge is 0.390 e. The van der Waals surface area contributed by atoms with Gasteiger partial charge in [-0.15, -0.1) is 0 Å². The average Bonchev–Trinajstić information content (AvgIpc) is 2.80. The van der Waals surface area contributed by atoms with Crippen LogP contribution in [0.15, 0.2) is 0 Å². The number of hydrogen-bond donors (Lipinski definition) is 2. The predicted octanol–water partition coefficient (Wildman–Crippen LogP) is 1.01. The molecule has 0 aromatic rings. The second kappa shape index (κ2) is 5.80. The number of rotatable bonds is 3. The first-order valence-corrected chi connectivity index (χ1v) is 8.14. The van der Waals surface area contributed by atoms with Crippen LogP contribution in [0, 0.1) is 0 Å². The molecule has 2 fully saturated rings. The molecule has 1 aliphatic heterocycles. The van der Waals surface area contributed by atoms with Crippen LogP contribution in [0.5, 0.6) is 0 Å². The van der Waals surface area contributed by atoms with Crippen molar-refractivity contribution in [2.75, 3.05) is 18.6 Å². The molecule has 0 aromatic carbocycles. The minimum absolute atomic E-state index is 0.136. The molecule has 1 heterocycles. The Labute approximate surface area is 113 Å². The van der Waals surface area contributed by atoms with E-state index in [1.54, 1.807) is 11.8 Å². The smallest absolute Gasteiger partial charge is 0.223 e. The average molecular weight is 273 g/mol. The Morgan fingerprint density at radius 1 is 1.33 bits per heavy atom. The minimum Gasteiger partial charge on any atom is -0.390 e. The third-order valence-corrected chi connectivity index (χ3v) is 4.94. The number of carbonyl (C=O) groups is 1. The number of amides is 1. The van der Waals surface area contributed by atoms with E-state index in [2.05, 4.69) is 0 Å². The number of thioether (sulfide) groups is 1. The molecule has 5 heteroatoms. The zero-order valence-corrected chi connectivity index (χ0v) is 11.8. The highest BCUT2D eigenvalue weighted by Gasteiger charge is 2.48. The molecule has 4 nitrogen and oxygen atoms in total. The van der Waals surface area contributed by atoms with Gasteiger partial charge in [0.15, 0.2) is 0 Å². The summed E-state index contributed by atoms with van der Waals surface area (Å²) in [5.41, 5.74) is -0.172. The summed E-state index contributed by atoms with van der Waals surface area (Å²) in [6, 6.07) is 0. The molecule has 2 atom stereocenters. The quantitative estimate of drug-likeness (QED) is 0.805. The molecule has 1 spiro atoms. The fourth-order valence-corrected chi connectivity index (χ4v) is 3.71. The van der Waals surface area contributed by atoms with Gasteiger partial charge in [-0.2, -0.15) is 11.8 Å². The van der Waals surface area contributed by atoms with E-state index in [1.165, 1.54) is 0 Å². The maximum Gasteiger partial charge on any atom is 0.223 e. The standard InChI is InChI=1S/C13H23NO3S/c1-18-7-4-12(17)14-9-11(16)10(15)8-13(14)5-2-3-6-13/h10-11,15-16H,2-9H2,1H3/t10-,11+/m0/s1. The molecule has 1 saturated heterocycles. The molecule has 1 aliphatic carbocycles. The Morgan fingerprint density at radius 2 is 2.00 bits per heavy atom. The van der Waals surface area contributed by atoms with Gasteiger partial charge in [0.25, 0.3) is 0 Å². The molecule has 2 rings (SSSR count). The lowest BCUT2D eigenvalue weighted by molar-refractivity contribution is -0.152. The lowest BCUT2D eigenvalue weighted by Gasteiger charge is -2.48. The highest BCUT2D eigenvalue weighted by molar-refractivity contribution is 7.98. The fourth-order valence-electron chi connectivity index (χ4n) is 3.34. The fraction of sp³-hybridized carbons (Fsp3) is 0.923. The molecular formula is C13H23NO3S. The lowest BCUT2D eigenvalue weighted by atomic mass is 9.82. The zero-order chi connectivity index (χ0) is 13.2. The lowest BCUT2D eigenvalue weighted by Crippen LogP contribution is -2.61. The minimum atomic E-state index is -0.783. The summed E-state index contributed by atoms with van der Waals surface area (Å²) in [7, 11) is 0. The van der Waals surface area contributed by atoms with Crippen molar-refractivity contribution in [1.29, 1.82) is 0 Å². The van der Waals surface area contributed by atoms with Crippen LogP contribution in [0.25, 0.3) is 0 Å². The highest BCUT2D eigenvalue weighted by atomic mass is 32.2. The van der Waals surface area contributed by atoms with Crippen LogP contribution in [0.2, 0.25) is 0 Å². The Morgan fingerprint density at radius 3 is 2.61 bits per heavy atom. The number of hydrogen-bond acceptors (Lipinski definition) is 4. The zero-order valence-electron chi connectivity index (χ0n) is 11.0. The summed E-state index contributed by atoms with van der Waals surface area (Å²) < 4.78 is 0. The Hall–Kier alpha value is -0.260. The third kappa shape index (κ3) is 2.68. The second-order valence-corrected chi connectivity index (χ2v) is 6.50. The van der Waals surface area contributed by atoms with Crippen molar-refractivity contribution >= 4 is 17.7 Å². The van der Waals surface area contributed by atoms with Crippen LogP contribution < -0.4 is 0 Å². The summed E-state index contributed by atoms with van der Waals surface area (Å²) in [6.07, 6.45) is 5.80. The molecule has 2 N–H and O–H groups in total. The van der Waals surface area contributed by atoms with Crippen molar-refractivity contribution in [3.05, 3.63) is 0 Å². The maximum atomic E-state index is 12.3. The summed E-state index contributed by atoms with van der Waals surface area (Å²) in [5.74, 6) is 0.960. The molecular weight excluding hydrogens is 250 g/mol. The monoisotopic (exact) mass is 273 g/mol. The van der Waals surface area contributed by atoms with E-state index in [4.69, 9.17) is 0 Å². The van der Waals surface area contributed by atoms with Gasteiger partial charge in [0.2, 0.25) is 5.91 Å². The van der Waals surface area contributed by atoms with E-state index in [1.807, 2.05) is 11.2 Å². The summed E-state index contributed by atoms with van der Waals surface area (Å²) >= 11 is 1.67. The predicted molar refractivity (Wildman–Crippen MR) is 72.5 cm³/mol. The van der Waals surface area contributed by atoms with E-state index in [0.717, 1.165) is 31.4 Å². The van der Waals surface area contributed by atoms with Crippen LogP contribution in [0.3, 0.4) is 0 Å². The van der Waals surface area contributed by atoms with Crippen LogP contribution in [-0.4, -0.2) is 57.3 Å². The van der Waals surface area contributed by atoms with Gasteiger partial charge in [0.05, 0.1) is 12.2 Å². The molecule has 104 valence electrons. The van der Waals surface area contributed by atoms with Gasteiger partial charge >= 0.3 is 0 Å². The molecule has 1 amide bonds. The van der Waals surface area contributed by atoms with Gasteiger partial charge < -0.3 is 15.1 Å². The Kier molecular flexibility index (Phi) is 4.56. The Bertz CT molecular complexity index is 305. The molecule has 0 bridgehead atoms. The van der Waals surface area contributed by atoms with Crippen molar-refractivity contribution in [2.45, 2.75) is 56.3 Å². The van der Waals surface area contributed by atoms with Crippen molar-refractivity contribution in [1.82, 2.24) is 4.90 Å². The normalized spacial score (nSPS) is 30.9. The van der Waals surface area contributed by atoms with Crippen LogP contribution in [0.1, 0.15) is 38.5 Å². The number of aliphatic hydroxyl groups excluding tert-OH is 2. The van der Waals surface area contributed by atoms with E-state index < -0.39 is 12.2 Å². The number of aliphatic hydroxyl groups is 2. The summed E-state index contributed by atoms with van der Waals surface area (Å²) in [6.45, 7) is 0.300. The summed E-state index contributed by atoms with van der Waals surface area (Å²) in [4.78, 5) is 14.2. The first-order valence-electron chi connectivity index (χ1n) is 6.74. The first kappa shape index (κ1) is 14.2. The maximum absolute atomic E-state index is 12.3. The van der Waals surface area contributed by atoms with Gasteiger partial charge in [-0.25, -0.2) is 0 Å². The third-order valence-electron chi connectivity index (χ3n) is 4.33. The van der Waals surface area contributed by atoms with E-state index >= 15 is 0 Å². The molecule has 2 aliphatic rings. The van der Waals surface area contributed by atoms with Crippen LogP contribution in [0.4, 0.5) is 0 Å². The molecule has 1 saturated carbocycles. The van der Waals surface area contributed by atoms with Crippen LogP contribution in [-0.2, 0) is 4.79 Å². The van der Waals surface area contributed by atoms with Crippen LogP contribution >= 0.6 is 11.8 Å². The number of nitrogens with zero attached hydrogens (tertiary/aromatic N) is 1. The van der Waals surface area contributed by atoms with Gasteiger partial charge in [-0.1, -0.05) is 12.8 Å². The van der Waals surface area contributed by atoms with E-state index in [0.29, 0.717) is 19.4 Å². The molecule has 18 heavy (non-hydrogen) atoms. The first-order chi connectivity index (χ1) is 8.59. The number of likely N-dealkylation sites (tertiary alicyclic amines) is 1. The SMILES string of the molecule is CSCCC(=O)N1C[C@@H](O)[C@@H](O)CC12CCCC2. The molecule has 0 aromatic heterocycles. The number of carbonyl (C=O) groups excluding carboxylic acids is 1.